The molecule has 1 atom stereocenters. The molecule has 4 aromatic rings. The number of rotatable bonds is 14. The first-order valence-electron chi connectivity index (χ1n) is 16.0. The molecule has 1 aromatic heterocycles. The lowest BCUT2D eigenvalue weighted by Crippen LogP contribution is -2.27. The average molecular weight is 699 g/mol. The Hall–Kier alpha value is -5.88. The summed E-state index contributed by atoms with van der Waals surface area (Å²) in [5.41, 5.74) is 3.49. The van der Waals surface area contributed by atoms with E-state index < -0.39 is 41.5 Å². The van der Waals surface area contributed by atoms with Crippen molar-refractivity contribution in [1.29, 1.82) is 0 Å². The number of amides is 1. The van der Waals surface area contributed by atoms with Crippen LogP contribution in [0.15, 0.2) is 78.9 Å². The number of benzene rings is 3. The zero-order valence-corrected chi connectivity index (χ0v) is 28.9. The van der Waals surface area contributed by atoms with Gasteiger partial charge in [-0.3, -0.25) is 14.4 Å². The van der Waals surface area contributed by atoms with Crippen LogP contribution in [0.3, 0.4) is 0 Å². The molecule has 0 aliphatic heterocycles. The van der Waals surface area contributed by atoms with Crippen LogP contribution in [0.5, 0.6) is 0 Å². The van der Waals surface area contributed by atoms with E-state index >= 15 is 0 Å². The third kappa shape index (κ3) is 9.03. The largest absolute Gasteiger partial charge is 0.469 e. The fourth-order valence-electron chi connectivity index (χ4n) is 5.68. The predicted molar refractivity (Wildman–Crippen MR) is 187 cm³/mol. The van der Waals surface area contributed by atoms with E-state index in [2.05, 4.69) is 10.1 Å². The zero-order valence-electron chi connectivity index (χ0n) is 28.9. The number of carbonyl (C=O) groups is 5. The van der Waals surface area contributed by atoms with Crippen LogP contribution in [0, 0.1) is 5.82 Å². The van der Waals surface area contributed by atoms with Crippen LogP contribution in [-0.2, 0) is 30.3 Å². The van der Waals surface area contributed by atoms with Crippen LogP contribution >= 0.6 is 0 Å². The van der Waals surface area contributed by atoms with Crippen molar-refractivity contribution in [2.45, 2.75) is 45.4 Å². The number of nitrogens with zero attached hydrogens (tertiary/aromatic N) is 1. The van der Waals surface area contributed by atoms with Gasteiger partial charge in [-0.15, -0.1) is 0 Å². The smallest absolute Gasteiger partial charge is 0.338 e. The Morgan fingerprint density at radius 1 is 0.804 bits per heavy atom. The molecule has 0 aliphatic carbocycles. The van der Waals surface area contributed by atoms with Crippen molar-refractivity contribution in [3.05, 3.63) is 113 Å². The Kier molecular flexibility index (Phi) is 12.8. The van der Waals surface area contributed by atoms with Crippen LogP contribution in [0.25, 0.3) is 28.3 Å². The molecular formula is C39H39FN2O9. The highest BCUT2D eigenvalue weighted by atomic mass is 19.1. The lowest BCUT2D eigenvalue weighted by molar-refractivity contribution is -0.143. The molecule has 1 amide bonds. The number of aliphatic hydroxyl groups is 1. The van der Waals surface area contributed by atoms with Crippen molar-refractivity contribution in [1.82, 2.24) is 9.88 Å². The fourth-order valence-corrected chi connectivity index (χ4v) is 5.68. The highest BCUT2D eigenvalue weighted by Crippen LogP contribution is 2.42. The first-order chi connectivity index (χ1) is 24.4. The van der Waals surface area contributed by atoms with Crippen LogP contribution < -0.4 is 5.32 Å². The van der Waals surface area contributed by atoms with Gasteiger partial charge in [0.1, 0.15) is 11.5 Å². The molecule has 1 heterocycles. The van der Waals surface area contributed by atoms with Gasteiger partial charge in [0.15, 0.2) is 5.78 Å². The van der Waals surface area contributed by atoms with Gasteiger partial charge in [0, 0.05) is 30.1 Å². The van der Waals surface area contributed by atoms with Crippen LogP contribution in [0.4, 0.5) is 4.39 Å². The number of ketones is 1. The van der Waals surface area contributed by atoms with Crippen LogP contribution in [-0.4, -0.2) is 66.7 Å². The summed E-state index contributed by atoms with van der Waals surface area (Å²) in [6.07, 6.45) is 0.860. The summed E-state index contributed by atoms with van der Waals surface area (Å²) >= 11 is 0. The second-order valence-electron chi connectivity index (χ2n) is 11.8. The van der Waals surface area contributed by atoms with E-state index in [9.17, 15) is 33.5 Å². The molecule has 266 valence electrons. The van der Waals surface area contributed by atoms with Gasteiger partial charge in [0.25, 0.3) is 5.91 Å². The maximum absolute atomic E-state index is 14.4. The highest BCUT2D eigenvalue weighted by Gasteiger charge is 2.30. The maximum Gasteiger partial charge on any atom is 0.338 e. The Bertz CT molecular complexity index is 1950. The molecule has 4 rings (SSSR count). The standard InChI is InChI=1S/C39H39FN2O9/c1-23(2)42-32(18-16-28(43)20-29(44)21-33(45)49-3)34(26-12-14-27(40)15-13-26)35(25-9-7-6-8-10-25)36(42)37(46)41-22-24-11-17-30(38(47)50-4)31(19-24)39(48)51-5/h6-19,23,29,44H,20-22H2,1-5H3,(H,41,46)/b18-16+/t29-/m1/s1. The molecule has 2 N–H and O–H groups in total. The molecular weight excluding hydrogens is 659 g/mol. The number of halogens is 1. The first kappa shape index (κ1) is 37.9. The summed E-state index contributed by atoms with van der Waals surface area (Å²) in [6.45, 7) is 3.69. The molecule has 0 aliphatic rings. The van der Waals surface area contributed by atoms with Gasteiger partial charge in [0.05, 0.1) is 50.7 Å². The summed E-state index contributed by atoms with van der Waals surface area (Å²) in [4.78, 5) is 63.8. The molecule has 0 fully saturated rings. The summed E-state index contributed by atoms with van der Waals surface area (Å²) < 4.78 is 30.2. The monoisotopic (exact) mass is 698 g/mol. The fraction of sp³-hybridized carbons (Fsp3) is 0.256. The Morgan fingerprint density at radius 2 is 1.43 bits per heavy atom. The Morgan fingerprint density at radius 3 is 2.04 bits per heavy atom. The third-order valence-electron chi connectivity index (χ3n) is 8.01. The molecule has 0 saturated heterocycles. The molecule has 12 heteroatoms. The summed E-state index contributed by atoms with van der Waals surface area (Å²) in [5.74, 6) is -3.57. The number of hydrogen-bond acceptors (Lipinski definition) is 9. The SMILES string of the molecule is COC(=O)C[C@H](O)CC(=O)/C=C/c1c(-c2ccc(F)cc2)c(-c2ccccc2)c(C(=O)NCc2ccc(C(=O)OC)c(C(=O)OC)c2)n1C(C)C. The van der Waals surface area contributed by atoms with E-state index in [1.807, 2.05) is 44.2 Å². The van der Waals surface area contributed by atoms with Crippen molar-refractivity contribution < 1.29 is 47.7 Å². The minimum atomic E-state index is -1.26. The number of ether oxygens (including phenoxy) is 3. The van der Waals surface area contributed by atoms with E-state index in [1.54, 1.807) is 28.8 Å². The highest BCUT2D eigenvalue weighted by molar-refractivity contribution is 6.07. The predicted octanol–water partition coefficient (Wildman–Crippen LogP) is 5.94. The number of methoxy groups -OCH3 is 3. The number of esters is 3. The molecule has 0 saturated carbocycles. The molecule has 11 nitrogen and oxygen atoms in total. The van der Waals surface area contributed by atoms with Crippen molar-refractivity contribution in [2.75, 3.05) is 21.3 Å². The number of carbonyl (C=O) groups excluding carboxylic acids is 5. The lowest BCUT2D eigenvalue weighted by atomic mass is 9.94. The summed E-state index contributed by atoms with van der Waals surface area (Å²) in [6, 6.07) is 19.0. The van der Waals surface area contributed by atoms with E-state index in [1.165, 1.54) is 51.7 Å². The minimum absolute atomic E-state index is 0.00667. The molecule has 3 aromatic carbocycles. The summed E-state index contributed by atoms with van der Waals surface area (Å²) in [5, 5.41) is 13.2. The molecule has 0 radical (unpaired) electrons. The molecule has 0 spiro atoms. The molecule has 51 heavy (non-hydrogen) atoms. The van der Waals surface area contributed by atoms with Crippen molar-refractivity contribution in [3.8, 4) is 22.3 Å². The van der Waals surface area contributed by atoms with Crippen LogP contribution in [0.1, 0.15) is 75.2 Å². The average Bonchev–Trinajstić information content (AvgIpc) is 3.48. The number of aliphatic hydroxyl groups excluding tert-OH is 1. The van der Waals surface area contributed by atoms with Crippen molar-refractivity contribution in [3.63, 3.8) is 0 Å². The van der Waals surface area contributed by atoms with Gasteiger partial charge in [-0.25, -0.2) is 14.0 Å². The normalized spacial score (nSPS) is 11.7. The third-order valence-corrected chi connectivity index (χ3v) is 8.01. The van der Waals surface area contributed by atoms with Gasteiger partial charge in [-0.05, 0) is 67.0 Å². The van der Waals surface area contributed by atoms with Gasteiger partial charge < -0.3 is 29.2 Å². The minimum Gasteiger partial charge on any atom is -0.469 e. The van der Waals surface area contributed by atoms with E-state index in [0.29, 0.717) is 33.5 Å². The van der Waals surface area contributed by atoms with Gasteiger partial charge in [-0.1, -0.05) is 48.5 Å². The number of hydrogen-bond donors (Lipinski definition) is 2. The van der Waals surface area contributed by atoms with Gasteiger partial charge in [0.2, 0.25) is 0 Å². The van der Waals surface area contributed by atoms with Crippen molar-refractivity contribution in [2.24, 2.45) is 0 Å². The number of nitrogens with one attached hydrogen (secondary N) is 1. The van der Waals surface area contributed by atoms with Crippen LogP contribution in [0.2, 0.25) is 0 Å². The Balaban J connectivity index is 1.87. The number of aromatic nitrogens is 1. The van der Waals surface area contributed by atoms with E-state index in [0.717, 1.165) is 0 Å². The maximum atomic E-state index is 14.4. The quantitative estimate of drug-likeness (QED) is 0.0927. The number of allylic oxidation sites excluding steroid dienone is 1. The molecule has 0 bridgehead atoms. The first-order valence-corrected chi connectivity index (χ1v) is 16.0. The van der Waals surface area contributed by atoms with Crippen molar-refractivity contribution >= 4 is 35.7 Å². The van der Waals surface area contributed by atoms with Gasteiger partial charge >= 0.3 is 17.9 Å². The molecule has 0 unspecified atom stereocenters. The topological polar surface area (TPSA) is 150 Å². The summed E-state index contributed by atoms with van der Waals surface area (Å²) in [7, 11) is 3.57. The van der Waals surface area contributed by atoms with E-state index in [4.69, 9.17) is 9.47 Å². The second-order valence-corrected chi connectivity index (χ2v) is 11.8. The van der Waals surface area contributed by atoms with Gasteiger partial charge in [-0.2, -0.15) is 0 Å². The Labute approximate surface area is 294 Å². The second kappa shape index (κ2) is 17.2. The lowest BCUT2D eigenvalue weighted by Gasteiger charge is -2.17. The van der Waals surface area contributed by atoms with E-state index in [-0.39, 0.29) is 42.2 Å². The zero-order chi connectivity index (χ0) is 37.2.